The van der Waals surface area contributed by atoms with Gasteiger partial charge in [0.15, 0.2) is 5.82 Å². The maximum Gasteiger partial charge on any atom is 0.225 e. The highest BCUT2D eigenvalue weighted by molar-refractivity contribution is 5.77. The quantitative estimate of drug-likeness (QED) is 0.527. The SMILES string of the molecule is CCc1cnc(N2CCN(c3ncnn4cc(-c5cnn(C)c5)cc34)CC2)nc1. The van der Waals surface area contributed by atoms with Crippen LogP contribution in [-0.2, 0) is 13.5 Å². The number of hydrogen-bond acceptors (Lipinski definition) is 7. The van der Waals surface area contributed by atoms with Gasteiger partial charge >= 0.3 is 0 Å². The first-order valence-electron chi connectivity index (χ1n) is 9.84. The summed E-state index contributed by atoms with van der Waals surface area (Å²) in [6, 6.07) is 2.13. The van der Waals surface area contributed by atoms with E-state index < -0.39 is 0 Å². The Bertz CT molecular complexity index is 1120. The van der Waals surface area contributed by atoms with Gasteiger partial charge in [0.05, 0.1) is 6.20 Å². The summed E-state index contributed by atoms with van der Waals surface area (Å²) in [6.07, 6.45) is 12.3. The molecule has 29 heavy (non-hydrogen) atoms. The number of nitrogens with zero attached hydrogens (tertiary/aromatic N) is 9. The first kappa shape index (κ1) is 17.6. The number of hydrogen-bond donors (Lipinski definition) is 0. The zero-order valence-corrected chi connectivity index (χ0v) is 16.6. The van der Waals surface area contributed by atoms with Crippen LogP contribution in [0.3, 0.4) is 0 Å². The van der Waals surface area contributed by atoms with Crippen LogP contribution in [0.5, 0.6) is 0 Å². The van der Waals surface area contributed by atoms with E-state index in [2.05, 4.69) is 47.9 Å². The Morgan fingerprint density at radius 2 is 1.62 bits per heavy atom. The largest absolute Gasteiger partial charge is 0.351 e. The van der Waals surface area contributed by atoms with E-state index in [0.29, 0.717) is 0 Å². The molecule has 4 aromatic heterocycles. The highest BCUT2D eigenvalue weighted by atomic mass is 15.4. The monoisotopic (exact) mass is 389 g/mol. The molecule has 1 aliphatic rings. The Labute approximate surface area is 168 Å². The Hall–Kier alpha value is -3.49. The number of piperazine rings is 1. The van der Waals surface area contributed by atoms with Crippen molar-refractivity contribution >= 4 is 17.3 Å². The smallest absolute Gasteiger partial charge is 0.225 e. The third-order valence-corrected chi connectivity index (χ3v) is 5.39. The summed E-state index contributed by atoms with van der Waals surface area (Å²) in [6.45, 7) is 5.55. The molecule has 0 amide bonds. The van der Waals surface area contributed by atoms with Crippen LogP contribution in [0.25, 0.3) is 16.6 Å². The standard InChI is InChI=1S/C20H23N9/c1-3-15-9-21-20(22-10-15)28-6-4-27(5-7-28)19-18-8-16(13-29(18)25-14-23-19)17-11-24-26(2)12-17/h8-14H,3-7H2,1-2H3. The molecule has 0 saturated carbocycles. The zero-order chi connectivity index (χ0) is 19.8. The van der Waals surface area contributed by atoms with E-state index in [1.807, 2.05) is 42.5 Å². The summed E-state index contributed by atoms with van der Waals surface area (Å²) in [5, 5.41) is 8.66. The Balaban J connectivity index is 1.36. The lowest BCUT2D eigenvalue weighted by atomic mass is 10.2. The first-order valence-corrected chi connectivity index (χ1v) is 9.84. The van der Waals surface area contributed by atoms with Gasteiger partial charge in [-0.05, 0) is 18.1 Å². The molecule has 1 saturated heterocycles. The second-order valence-corrected chi connectivity index (χ2v) is 7.26. The van der Waals surface area contributed by atoms with Gasteiger partial charge in [-0.1, -0.05) is 6.92 Å². The van der Waals surface area contributed by atoms with Gasteiger partial charge in [0.25, 0.3) is 0 Å². The molecular weight excluding hydrogens is 366 g/mol. The molecule has 5 heterocycles. The predicted molar refractivity (Wildman–Crippen MR) is 111 cm³/mol. The van der Waals surface area contributed by atoms with Crippen molar-refractivity contribution in [2.24, 2.45) is 7.05 Å². The van der Waals surface area contributed by atoms with Crippen molar-refractivity contribution in [3.05, 3.63) is 48.9 Å². The summed E-state index contributed by atoms with van der Waals surface area (Å²) >= 11 is 0. The topological polar surface area (TPSA) is 80.3 Å². The molecule has 0 N–H and O–H groups in total. The van der Waals surface area contributed by atoms with Crippen LogP contribution in [0.15, 0.2) is 43.4 Å². The molecule has 1 aliphatic heterocycles. The van der Waals surface area contributed by atoms with Gasteiger partial charge in [0.1, 0.15) is 11.8 Å². The first-order chi connectivity index (χ1) is 14.2. The summed E-state index contributed by atoms with van der Waals surface area (Å²) in [4.78, 5) is 18.2. The highest BCUT2D eigenvalue weighted by Gasteiger charge is 2.22. The van der Waals surface area contributed by atoms with E-state index in [0.717, 1.165) is 66.6 Å². The van der Waals surface area contributed by atoms with Crippen molar-refractivity contribution in [1.82, 2.24) is 34.3 Å². The number of aromatic nitrogens is 7. The second kappa shape index (κ2) is 7.16. The molecule has 148 valence electrons. The molecule has 1 fully saturated rings. The number of fused-ring (bicyclic) bond motifs is 1. The van der Waals surface area contributed by atoms with Crippen molar-refractivity contribution in [3.63, 3.8) is 0 Å². The minimum absolute atomic E-state index is 0.802. The normalized spacial score (nSPS) is 14.7. The van der Waals surface area contributed by atoms with Gasteiger partial charge in [0.2, 0.25) is 5.95 Å². The van der Waals surface area contributed by atoms with Crippen molar-refractivity contribution < 1.29 is 0 Å². The molecule has 0 bridgehead atoms. The molecule has 5 rings (SSSR count). The summed E-state index contributed by atoms with van der Waals surface area (Å²) in [5.41, 5.74) is 4.32. The third kappa shape index (κ3) is 3.28. The maximum absolute atomic E-state index is 4.59. The van der Waals surface area contributed by atoms with E-state index in [1.165, 1.54) is 0 Å². The zero-order valence-electron chi connectivity index (χ0n) is 16.6. The lowest BCUT2D eigenvalue weighted by Crippen LogP contribution is -2.47. The van der Waals surface area contributed by atoms with Crippen LogP contribution in [0.2, 0.25) is 0 Å². The van der Waals surface area contributed by atoms with E-state index in [9.17, 15) is 0 Å². The Kier molecular flexibility index (Phi) is 4.34. The fourth-order valence-corrected chi connectivity index (χ4v) is 3.70. The Morgan fingerprint density at radius 3 is 2.31 bits per heavy atom. The van der Waals surface area contributed by atoms with Gasteiger partial charge in [-0.15, -0.1) is 0 Å². The van der Waals surface area contributed by atoms with Crippen LogP contribution in [0.1, 0.15) is 12.5 Å². The van der Waals surface area contributed by atoms with Gasteiger partial charge < -0.3 is 9.80 Å². The number of rotatable bonds is 4. The third-order valence-electron chi connectivity index (χ3n) is 5.39. The van der Waals surface area contributed by atoms with Crippen LogP contribution >= 0.6 is 0 Å². The van der Waals surface area contributed by atoms with Gasteiger partial charge in [-0.25, -0.2) is 19.5 Å². The fourth-order valence-electron chi connectivity index (χ4n) is 3.70. The predicted octanol–water partition coefficient (Wildman–Crippen LogP) is 1.81. The fraction of sp³-hybridized carbons (Fsp3) is 0.350. The minimum Gasteiger partial charge on any atom is -0.351 e. The van der Waals surface area contributed by atoms with E-state index in [1.54, 1.807) is 11.0 Å². The molecule has 4 aromatic rings. The number of aryl methyl sites for hydroxylation is 2. The van der Waals surface area contributed by atoms with Crippen molar-refractivity contribution in [3.8, 4) is 11.1 Å². The van der Waals surface area contributed by atoms with Crippen LogP contribution in [-0.4, -0.2) is 60.5 Å². The van der Waals surface area contributed by atoms with Crippen molar-refractivity contribution in [2.75, 3.05) is 36.0 Å². The Morgan fingerprint density at radius 1 is 0.862 bits per heavy atom. The molecule has 0 atom stereocenters. The van der Waals surface area contributed by atoms with Crippen molar-refractivity contribution in [1.29, 1.82) is 0 Å². The lowest BCUT2D eigenvalue weighted by Gasteiger charge is -2.35. The average Bonchev–Trinajstić information content (AvgIpc) is 3.40. The molecule has 0 unspecified atom stereocenters. The highest BCUT2D eigenvalue weighted by Crippen LogP contribution is 2.27. The average molecular weight is 389 g/mol. The van der Waals surface area contributed by atoms with E-state index in [-0.39, 0.29) is 0 Å². The molecule has 0 radical (unpaired) electrons. The number of anilines is 2. The maximum atomic E-state index is 4.59. The van der Waals surface area contributed by atoms with Crippen LogP contribution in [0.4, 0.5) is 11.8 Å². The molecule has 0 aromatic carbocycles. The van der Waals surface area contributed by atoms with E-state index in [4.69, 9.17) is 0 Å². The van der Waals surface area contributed by atoms with Gasteiger partial charge in [-0.2, -0.15) is 10.2 Å². The second-order valence-electron chi connectivity index (χ2n) is 7.26. The molecular formula is C20H23N9. The molecule has 0 aliphatic carbocycles. The molecule has 9 nitrogen and oxygen atoms in total. The molecule has 0 spiro atoms. The van der Waals surface area contributed by atoms with Crippen LogP contribution in [0, 0.1) is 0 Å². The summed E-state index contributed by atoms with van der Waals surface area (Å²) < 4.78 is 3.70. The summed E-state index contributed by atoms with van der Waals surface area (Å²) in [7, 11) is 1.92. The van der Waals surface area contributed by atoms with Crippen LogP contribution < -0.4 is 9.80 Å². The van der Waals surface area contributed by atoms with Crippen molar-refractivity contribution in [2.45, 2.75) is 13.3 Å². The van der Waals surface area contributed by atoms with Gasteiger partial charge in [0, 0.05) is 69.1 Å². The summed E-state index contributed by atoms with van der Waals surface area (Å²) in [5.74, 6) is 1.76. The lowest BCUT2D eigenvalue weighted by molar-refractivity contribution is 0.633. The molecule has 9 heteroatoms. The van der Waals surface area contributed by atoms with E-state index >= 15 is 0 Å². The minimum atomic E-state index is 0.802. The van der Waals surface area contributed by atoms with Gasteiger partial charge in [-0.3, -0.25) is 4.68 Å².